The minimum Gasteiger partial charge on any atom is -0.459 e. The van der Waals surface area contributed by atoms with Crippen LogP contribution in [0.15, 0.2) is 22.9 Å². The highest BCUT2D eigenvalue weighted by atomic mass is 79.9. The first-order valence-corrected chi connectivity index (χ1v) is 7.08. The summed E-state index contributed by atoms with van der Waals surface area (Å²) in [5.41, 5.74) is 0.949. The largest absolute Gasteiger partial charge is 0.459 e. The van der Waals surface area contributed by atoms with E-state index in [4.69, 9.17) is 4.74 Å². The van der Waals surface area contributed by atoms with Crippen LogP contribution in [0.5, 0.6) is 0 Å². The third-order valence-electron chi connectivity index (χ3n) is 3.52. The summed E-state index contributed by atoms with van der Waals surface area (Å²) >= 11 is 3.25. The van der Waals surface area contributed by atoms with E-state index in [9.17, 15) is 4.79 Å². The van der Waals surface area contributed by atoms with Crippen molar-refractivity contribution in [2.75, 3.05) is 0 Å². The lowest BCUT2D eigenvalue weighted by atomic mass is 9.76. The van der Waals surface area contributed by atoms with Crippen molar-refractivity contribution in [2.24, 2.45) is 5.41 Å². The lowest BCUT2D eigenvalue weighted by Crippen LogP contribution is -2.28. The molecule has 1 fully saturated rings. The van der Waals surface area contributed by atoms with Gasteiger partial charge in [0, 0.05) is 6.20 Å². The van der Waals surface area contributed by atoms with E-state index in [-0.39, 0.29) is 12.1 Å². The fourth-order valence-corrected chi connectivity index (χ4v) is 2.60. The minimum atomic E-state index is -0.247. The fraction of sp³-hybridized carbons (Fsp3) is 0.571. The van der Waals surface area contributed by atoms with E-state index in [1.807, 2.05) is 0 Å². The second-order valence-electron chi connectivity index (χ2n) is 5.64. The summed E-state index contributed by atoms with van der Waals surface area (Å²) in [6.07, 6.45) is 5.83. The minimum absolute atomic E-state index is 0.0671. The zero-order valence-corrected chi connectivity index (χ0v) is 12.4. The number of hydrogen-bond acceptors (Lipinski definition) is 3. The Morgan fingerprint density at radius 3 is 2.72 bits per heavy atom. The number of nitrogens with zero attached hydrogens (tertiary/aromatic N) is 1. The van der Waals surface area contributed by atoms with E-state index in [1.54, 1.807) is 18.3 Å². The molecule has 0 bridgehead atoms. The topological polar surface area (TPSA) is 39.2 Å². The van der Waals surface area contributed by atoms with E-state index in [1.165, 1.54) is 0 Å². The van der Waals surface area contributed by atoms with Gasteiger partial charge >= 0.3 is 5.97 Å². The van der Waals surface area contributed by atoms with Gasteiger partial charge < -0.3 is 4.74 Å². The molecule has 0 spiro atoms. The Labute approximate surface area is 116 Å². The lowest BCUT2D eigenvalue weighted by molar-refractivity contribution is 0.00949. The van der Waals surface area contributed by atoms with Crippen molar-refractivity contribution in [1.82, 2.24) is 4.98 Å². The van der Waals surface area contributed by atoms with Gasteiger partial charge in [-0.1, -0.05) is 13.8 Å². The van der Waals surface area contributed by atoms with E-state index >= 15 is 0 Å². The van der Waals surface area contributed by atoms with Crippen molar-refractivity contribution < 1.29 is 9.53 Å². The first kappa shape index (κ1) is 13.5. The third kappa shape index (κ3) is 3.55. The molecule has 0 radical (unpaired) electrons. The Kier molecular flexibility index (Phi) is 4.05. The lowest BCUT2D eigenvalue weighted by Gasteiger charge is -2.33. The molecule has 3 nitrogen and oxygen atoms in total. The molecule has 0 saturated heterocycles. The van der Waals surface area contributed by atoms with Crippen LogP contribution in [0.2, 0.25) is 0 Å². The van der Waals surface area contributed by atoms with Gasteiger partial charge in [-0.05, 0) is 59.2 Å². The highest BCUT2D eigenvalue weighted by Gasteiger charge is 2.29. The van der Waals surface area contributed by atoms with Gasteiger partial charge in [0.1, 0.15) is 10.7 Å². The van der Waals surface area contributed by atoms with Crippen molar-refractivity contribution in [1.29, 1.82) is 0 Å². The van der Waals surface area contributed by atoms with Gasteiger partial charge in [0.2, 0.25) is 0 Å². The van der Waals surface area contributed by atoms with Crippen LogP contribution in [0.25, 0.3) is 0 Å². The summed E-state index contributed by atoms with van der Waals surface area (Å²) < 4.78 is 6.19. The number of aromatic nitrogens is 1. The Hall–Kier alpha value is -0.900. The number of carbonyl (C=O) groups excluding carboxylic acids is 1. The molecule has 0 aromatic carbocycles. The quantitative estimate of drug-likeness (QED) is 0.613. The van der Waals surface area contributed by atoms with Gasteiger partial charge in [-0.2, -0.15) is 0 Å². The van der Waals surface area contributed by atoms with Crippen LogP contribution >= 0.6 is 15.9 Å². The second-order valence-corrected chi connectivity index (χ2v) is 6.45. The van der Waals surface area contributed by atoms with Crippen LogP contribution in [0, 0.1) is 5.41 Å². The van der Waals surface area contributed by atoms with E-state index in [0.29, 0.717) is 15.6 Å². The molecule has 0 atom stereocenters. The molecule has 18 heavy (non-hydrogen) atoms. The van der Waals surface area contributed by atoms with Crippen LogP contribution in [-0.2, 0) is 4.74 Å². The standard InChI is InChI=1S/C14H18BrNO2/c1-14(2)6-3-11(4-7-14)18-13(17)10-5-8-16-12(15)9-10/h5,8-9,11H,3-4,6-7H2,1-2H3. The summed E-state index contributed by atoms with van der Waals surface area (Å²) in [6, 6.07) is 3.37. The summed E-state index contributed by atoms with van der Waals surface area (Å²) in [6.45, 7) is 4.54. The zero-order valence-electron chi connectivity index (χ0n) is 10.8. The van der Waals surface area contributed by atoms with Crippen LogP contribution in [0.4, 0.5) is 0 Å². The highest BCUT2D eigenvalue weighted by molar-refractivity contribution is 9.10. The Balaban J connectivity index is 1.93. The van der Waals surface area contributed by atoms with Gasteiger partial charge in [0.05, 0.1) is 5.56 Å². The number of pyridine rings is 1. The number of rotatable bonds is 2. The number of esters is 1. The van der Waals surface area contributed by atoms with Crippen molar-refractivity contribution >= 4 is 21.9 Å². The van der Waals surface area contributed by atoms with Crippen LogP contribution in [0.3, 0.4) is 0 Å². The molecular formula is C14H18BrNO2. The predicted molar refractivity (Wildman–Crippen MR) is 73.4 cm³/mol. The number of ether oxygens (including phenoxy) is 1. The Bertz CT molecular complexity index is 435. The maximum absolute atomic E-state index is 12.0. The molecule has 0 N–H and O–H groups in total. The smallest absolute Gasteiger partial charge is 0.338 e. The van der Waals surface area contributed by atoms with Gasteiger partial charge in [-0.3, -0.25) is 0 Å². The van der Waals surface area contributed by atoms with Crippen LogP contribution in [0.1, 0.15) is 49.9 Å². The average Bonchev–Trinajstić information content (AvgIpc) is 2.32. The maximum Gasteiger partial charge on any atom is 0.338 e. The van der Waals surface area contributed by atoms with Crippen LogP contribution < -0.4 is 0 Å². The molecule has 1 aromatic heterocycles. The number of halogens is 1. The van der Waals surface area contributed by atoms with Crippen molar-refractivity contribution in [3.63, 3.8) is 0 Å². The number of hydrogen-bond donors (Lipinski definition) is 0. The molecule has 1 heterocycles. The molecule has 1 aliphatic rings. The van der Waals surface area contributed by atoms with Crippen molar-refractivity contribution in [2.45, 2.75) is 45.6 Å². The number of carbonyl (C=O) groups is 1. The highest BCUT2D eigenvalue weighted by Crippen LogP contribution is 2.36. The SMILES string of the molecule is CC1(C)CCC(OC(=O)c2ccnc(Br)c2)CC1. The van der Waals surface area contributed by atoms with E-state index in [2.05, 4.69) is 34.8 Å². The molecule has 0 unspecified atom stereocenters. The summed E-state index contributed by atoms with van der Waals surface area (Å²) in [5, 5.41) is 0. The molecule has 1 aromatic rings. The monoisotopic (exact) mass is 311 g/mol. The fourth-order valence-electron chi connectivity index (χ4n) is 2.24. The normalized spacial score (nSPS) is 19.5. The van der Waals surface area contributed by atoms with Gasteiger partial charge in [-0.25, -0.2) is 9.78 Å². The average molecular weight is 312 g/mol. The maximum atomic E-state index is 12.0. The second kappa shape index (κ2) is 5.39. The molecule has 2 rings (SSSR count). The van der Waals surface area contributed by atoms with Crippen LogP contribution in [-0.4, -0.2) is 17.1 Å². The van der Waals surface area contributed by atoms with Gasteiger partial charge in [0.25, 0.3) is 0 Å². The third-order valence-corrected chi connectivity index (χ3v) is 3.96. The summed E-state index contributed by atoms with van der Waals surface area (Å²) in [4.78, 5) is 16.0. The van der Waals surface area contributed by atoms with E-state index in [0.717, 1.165) is 25.7 Å². The van der Waals surface area contributed by atoms with Gasteiger partial charge in [0.15, 0.2) is 0 Å². The molecule has 1 aliphatic carbocycles. The van der Waals surface area contributed by atoms with E-state index < -0.39 is 0 Å². The van der Waals surface area contributed by atoms with Crippen molar-refractivity contribution in [3.8, 4) is 0 Å². The molecule has 1 saturated carbocycles. The molecular weight excluding hydrogens is 294 g/mol. The zero-order chi connectivity index (χ0) is 13.2. The molecule has 98 valence electrons. The summed E-state index contributed by atoms with van der Waals surface area (Å²) in [7, 11) is 0. The van der Waals surface area contributed by atoms with Gasteiger partial charge in [-0.15, -0.1) is 0 Å². The Morgan fingerprint density at radius 2 is 2.11 bits per heavy atom. The molecule has 0 amide bonds. The summed E-state index contributed by atoms with van der Waals surface area (Å²) in [5.74, 6) is -0.247. The first-order valence-electron chi connectivity index (χ1n) is 6.29. The first-order chi connectivity index (χ1) is 8.46. The molecule has 0 aliphatic heterocycles. The predicted octanol–water partition coefficient (Wildman–Crippen LogP) is 3.97. The van der Waals surface area contributed by atoms with Crippen molar-refractivity contribution in [3.05, 3.63) is 28.5 Å². The molecule has 4 heteroatoms. The Morgan fingerprint density at radius 1 is 1.44 bits per heavy atom.